The van der Waals surface area contributed by atoms with Crippen molar-refractivity contribution in [1.29, 1.82) is 0 Å². The molecule has 1 aromatic carbocycles. The molecule has 0 aliphatic rings. The Bertz CT molecular complexity index is 590. The highest BCUT2D eigenvalue weighted by Crippen LogP contribution is 2.17. The van der Waals surface area contributed by atoms with Gasteiger partial charge in [0.15, 0.2) is 6.61 Å². The molecule has 0 amide bonds. The van der Waals surface area contributed by atoms with Crippen molar-refractivity contribution >= 4 is 5.97 Å². The second-order valence-corrected chi connectivity index (χ2v) is 3.63. The van der Waals surface area contributed by atoms with Crippen LogP contribution in [0.2, 0.25) is 0 Å². The van der Waals surface area contributed by atoms with Crippen LogP contribution >= 0.6 is 0 Å². The first kappa shape index (κ1) is 12.9. The average Bonchev–Trinajstić information content (AvgIpc) is 2.86. The number of aromatic nitrogens is 2. The highest BCUT2D eigenvalue weighted by atomic mass is 19.1. The van der Waals surface area contributed by atoms with Crippen molar-refractivity contribution in [2.45, 2.75) is 13.5 Å². The standard InChI is InChI=1S/C13H11FN2O3/c1-2-3-12(17)18-8-11-15-13(19-16-11)9-4-6-10(14)7-5-9/h2-7H,8H2,1H3/b3-2+. The van der Waals surface area contributed by atoms with Crippen LogP contribution in [0.25, 0.3) is 11.5 Å². The maximum Gasteiger partial charge on any atom is 0.330 e. The summed E-state index contributed by atoms with van der Waals surface area (Å²) in [4.78, 5) is 15.1. The lowest BCUT2D eigenvalue weighted by Gasteiger charge is -1.95. The number of benzene rings is 1. The van der Waals surface area contributed by atoms with Gasteiger partial charge in [-0.1, -0.05) is 11.2 Å². The Morgan fingerprint density at radius 1 is 1.42 bits per heavy atom. The van der Waals surface area contributed by atoms with E-state index in [0.29, 0.717) is 5.56 Å². The number of ether oxygens (including phenoxy) is 1. The number of esters is 1. The summed E-state index contributed by atoms with van der Waals surface area (Å²) in [7, 11) is 0. The van der Waals surface area contributed by atoms with Crippen molar-refractivity contribution in [3.8, 4) is 11.5 Å². The van der Waals surface area contributed by atoms with E-state index in [4.69, 9.17) is 9.26 Å². The number of nitrogens with zero attached hydrogens (tertiary/aromatic N) is 2. The van der Waals surface area contributed by atoms with Crippen LogP contribution in [0.1, 0.15) is 12.7 Å². The molecule has 2 aromatic rings. The van der Waals surface area contributed by atoms with E-state index < -0.39 is 5.97 Å². The molecule has 0 fully saturated rings. The molecule has 0 N–H and O–H groups in total. The summed E-state index contributed by atoms with van der Waals surface area (Å²) in [6.07, 6.45) is 2.86. The highest BCUT2D eigenvalue weighted by molar-refractivity contribution is 5.81. The number of carbonyl (C=O) groups is 1. The fraction of sp³-hybridized carbons (Fsp3) is 0.154. The lowest BCUT2D eigenvalue weighted by molar-refractivity contribution is -0.139. The summed E-state index contributed by atoms with van der Waals surface area (Å²) in [5, 5.41) is 3.67. The van der Waals surface area contributed by atoms with Gasteiger partial charge in [-0.25, -0.2) is 9.18 Å². The number of rotatable bonds is 4. The number of hydrogen-bond donors (Lipinski definition) is 0. The first-order valence-corrected chi connectivity index (χ1v) is 5.57. The molecule has 0 spiro atoms. The zero-order valence-corrected chi connectivity index (χ0v) is 10.2. The van der Waals surface area contributed by atoms with Gasteiger partial charge in [-0.3, -0.25) is 0 Å². The molecule has 1 aromatic heterocycles. The predicted molar refractivity (Wildman–Crippen MR) is 64.3 cm³/mol. The monoisotopic (exact) mass is 262 g/mol. The first-order chi connectivity index (χ1) is 9.19. The van der Waals surface area contributed by atoms with Gasteiger partial charge in [0.1, 0.15) is 5.82 Å². The van der Waals surface area contributed by atoms with E-state index in [2.05, 4.69) is 10.1 Å². The van der Waals surface area contributed by atoms with Crippen LogP contribution < -0.4 is 0 Å². The zero-order valence-electron chi connectivity index (χ0n) is 10.2. The maximum atomic E-state index is 12.8. The van der Waals surface area contributed by atoms with Gasteiger partial charge in [0.2, 0.25) is 5.82 Å². The Morgan fingerprint density at radius 3 is 2.84 bits per heavy atom. The number of carbonyl (C=O) groups excluding carboxylic acids is 1. The van der Waals surface area contributed by atoms with Crippen LogP contribution in [0.5, 0.6) is 0 Å². The van der Waals surface area contributed by atoms with Crippen molar-refractivity contribution in [3.63, 3.8) is 0 Å². The van der Waals surface area contributed by atoms with Gasteiger partial charge in [-0.15, -0.1) is 0 Å². The van der Waals surface area contributed by atoms with Crippen LogP contribution in [0.3, 0.4) is 0 Å². The zero-order chi connectivity index (χ0) is 13.7. The quantitative estimate of drug-likeness (QED) is 0.625. The largest absolute Gasteiger partial charge is 0.454 e. The average molecular weight is 262 g/mol. The van der Waals surface area contributed by atoms with Crippen LogP contribution in [0.15, 0.2) is 40.9 Å². The number of halogens is 1. The lowest BCUT2D eigenvalue weighted by atomic mass is 10.2. The SMILES string of the molecule is C/C=C/C(=O)OCc1noc(-c2ccc(F)cc2)n1. The van der Waals surface area contributed by atoms with E-state index in [1.54, 1.807) is 13.0 Å². The Kier molecular flexibility index (Phi) is 4.02. The molecular weight excluding hydrogens is 251 g/mol. The summed E-state index contributed by atoms with van der Waals surface area (Å²) in [5.41, 5.74) is 0.597. The van der Waals surface area contributed by atoms with Gasteiger partial charge in [-0.05, 0) is 31.2 Å². The summed E-state index contributed by atoms with van der Waals surface area (Å²) in [5.74, 6) is -0.325. The van der Waals surface area contributed by atoms with Crippen LogP contribution in [0.4, 0.5) is 4.39 Å². The highest BCUT2D eigenvalue weighted by Gasteiger charge is 2.10. The van der Waals surface area contributed by atoms with Crippen molar-refractivity contribution < 1.29 is 18.4 Å². The fourth-order valence-corrected chi connectivity index (χ4v) is 1.34. The van der Waals surface area contributed by atoms with E-state index in [1.807, 2.05) is 0 Å². The summed E-state index contributed by atoms with van der Waals surface area (Å²) in [6, 6.07) is 5.65. The number of allylic oxidation sites excluding steroid dienone is 1. The van der Waals surface area contributed by atoms with E-state index in [0.717, 1.165) is 0 Å². The predicted octanol–water partition coefficient (Wildman–Crippen LogP) is 2.50. The van der Waals surface area contributed by atoms with E-state index in [1.165, 1.54) is 30.3 Å². The van der Waals surface area contributed by atoms with Crippen molar-refractivity contribution in [3.05, 3.63) is 48.1 Å². The Balaban J connectivity index is 2.03. The molecular formula is C13H11FN2O3. The van der Waals surface area contributed by atoms with Crippen molar-refractivity contribution in [1.82, 2.24) is 10.1 Å². The Morgan fingerprint density at radius 2 is 2.16 bits per heavy atom. The molecule has 5 nitrogen and oxygen atoms in total. The molecule has 1 heterocycles. The molecule has 6 heteroatoms. The molecule has 19 heavy (non-hydrogen) atoms. The summed E-state index contributed by atoms with van der Waals surface area (Å²) >= 11 is 0. The third-order valence-electron chi connectivity index (χ3n) is 2.21. The Hall–Kier alpha value is -2.50. The molecule has 0 saturated heterocycles. The minimum absolute atomic E-state index is 0.0755. The fourth-order valence-electron chi connectivity index (χ4n) is 1.34. The van der Waals surface area contributed by atoms with Gasteiger partial charge in [0.05, 0.1) is 0 Å². The summed E-state index contributed by atoms with van der Waals surface area (Å²) < 4.78 is 22.6. The molecule has 0 saturated carbocycles. The second-order valence-electron chi connectivity index (χ2n) is 3.63. The topological polar surface area (TPSA) is 65.2 Å². The van der Waals surface area contributed by atoms with Gasteiger partial charge in [0.25, 0.3) is 5.89 Å². The third kappa shape index (κ3) is 3.48. The molecule has 0 bridgehead atoms. The second kappa shape index (κ2) is 5.90. The normalized spacial score (nSPS) is 10.8. The summed E-state index contributed by atoms with van der Waals surface area (Å²) in [6.45, 7) is 1.64. The molecule has 0 aliphatic carbocycles. The van der Waals surface area contributed by atoms with Crippen molar-refractivity contribution in [2.24, 2.45) is 0 Å². The van der Waals surface area contributed by atoms with E-state index in [-0.39, 0.29) is 24.1 Å². The third-order valence-corrected chi connectivity index (χ3v) is 2.21. The van der Waals surface area contributed by atoms with Crippen LogP contribution in [-0.4, -0.2) is 16.1 Å². The molecule has 0 unspecified atom stereocenters. The van der Waals surface area contributed by atoms with Gasteiger partial charge in [0, 0.05) is 11.6 Å². The first-order valence-electron chi connectivity index (χ1n) is 5.57. The van der Waals surface area contributed by atoms with Gasteiger partial charge >= 0.3 is 5.97 Å². The molecule has 2 rings (SSSR count). The van der Waals surface area contributed by atoms with Gasteiger partial charge < -0.3 is 9.26 Å². The smallest absolute Gasteiger partial charge is 0.330 e. The van der Waals surface area contributed by atoms with Gasteiger partial charge in [-0.2, -0.15) is 4.98 Å². The minimum Gasteiger partial charge on any atom is -0.454 e. The van der Waals surface area contributed by atoms with Crippen LogP contribution in [-0.2, 0) is 16.1 Å². The van der Waals surface area contributed by atoms with Crippen molar-refractivity contribution in [2.75, 3.05) is 0 Å². The maximum absolute atomic E-state index is 12.8. The molecule has 0 atom stereocenters. The van der Waals surface area contributed by atoms with E-state index >= 15 is 0 Å². The number of hydrogen-bond acceptors (Lipinski definition) is 5. The lowest BCUT2D eigenvalue weighted by Crippen LogP contribution is -2.01. The van der Waals surface area contributed by atoms with E-state index in [9.17, 15) is 9.18 Å². The molecule has 0 aliphatic heterocycles. The molecule has 98 valence electrons. The van der Waals surface area contributed by atoms with Crippen LogP contribution in [0, 0.1) is 5.82 Å². The molecule has 0 radical (unpaired) electrons. The minimum atomic E-state index is -0.476. The Labute approximate surface area is 108 Å².